The van der Waals surface area contributed by atoms with E-state index >= 15 is 0 Å². The molecule has 1 aromatic heterocycles. The van der Waals surface area contributed by atoms with Crippen molar-refractivity contribution in [1.29, 1.82) is 0 Å². The fraction of sp³-hybridized carbons (Fsp3) is 0.162. The average Bonchev–Trinajstić information content (AvgIpc) is 3.42. The van der Waals surface area contributed by atoms with Gasteiger partial charge in [-0.25, -0.2) is 8.42 Å². The number of Topliss-reactive ketones (excluding diaryl/α,β-unsaturated/α-hetero) is 1. The molecule has 0 aliphatic rings. The summed E-state index contributed by atoms with van der Waals surface area (Å²) < 4.78 is 33.0. The first-order valence-corrected chi connectivity index (χ1v) is 16.7. The maximum atomic E-state index is 13.6. The highest BCUT2D eigenvalue weighted by atomic mass is 35.5. The summed E-state index contributed by atoms with van der Waals surface area (Å²) in [5.41, 5.74) is 4.96. The lowest BCUT2D eigenvalue weighted by molar-refractivity contribution is 0.0912. The van der Waals surface area contributed by atoms with Crippen LogP contribution in [0.25, 0.3) is 21.8 Å². The van der Waals surface area contributed by atoms with Crippen molar-refractivity contribution < 1.29 is 17.9 Å². The summed E-state index contributed by atoms with van der Waals surface area (Å²) in [5, 5.41) is 2.32. The molecule has 1 N–H and O–H groups in total. The molecule has 0 amide bonds. The van der Waals surface area contributed by atoms with Crippen LogP contribution in [-0.2, 0) is 23.1 Å². The van der Waals surface area contributed by atoms with Crippen molar-refractivity contribution in [3.05, 3.63) is 144 Å². The largest absolute Gasteiger partial charge is 0.492 e. The molecule has 0 saturated carbocycles. The van der Waals surface area contributed by atoms with Crippen molar-refractivity contribution in [2.24, 2.45) is 0 Å². The summed E-state index contributed by atoms with van der Waals surface area (Å²) in [6, 6.07) is 40.5. The zero-order valence-electron chi connectivity index (χ0n) is 25.5. The first-order chi connectivity index (χ1) is 21.8. The zero-order chi connectivity index (χ0) is 31.2. The SMILES string of the molecule is CS(=O)(=O)N(Cc1ccccc1)c1cccc(C(=O)CN(CCOc2ccc3c(c2)[nH]c2ccccc23)Cc2ccccc2)c1.Cl. The average molecular weight is 654 g/mol. The molecule has 236 valence electrons. The van der Waals surface area contributed by atoms with Gasteiger partial charge in [0.2, 0.25) is 10.0 Å². The summed E-state index contributed by atoms with van der Waals surface area (Å²) in [5.74, 6) is 0.660. The molecule has 9 heteroatoms. The second-order valence-electron chi connectivity index (χ2n) is 11.2. The molecule has 6 aromatic rings. The van der Waals surface area contributed by atoms with Crippen molar-refractivity contribution in [2.75, 3.05) is 30.3 Å². The minimum absolute atomic E-state index is 0. The third kappa shape index (κ3) is 7.95. The Labute approximate surface area is 275 Å². The van der Waals surface area contributed by atoms with Gasteiger partial charge in [0.15, 0.2) is 5.78 Å². The van der Waals surface area contributed by atoms with E-state index in [0.717, 1.165) is 33.3 Å². The van der Waals surface area contributed by atoms with Crippen molar-refractivity contribution in [3.63, 3.8) is 0 Å². The van der Waals surface area contributed by atoms with E-state index < -0.39 is 10.0 Å². The second kappa shape index (κ2) is 14.6. The minimum Gasteiger partial charge on any atom is -0.492 e. The van der Waals surface area contributed by atoms with Crippen LogP contribution in [0, 0.1) is 0 Å². The molecule has 0 saturated heterocycles. The number of carbonyl (C=O) groups is 1. The summed E-state index contributed by atoms with van der Waals surface area (Å²) in [4.78, 5) is 19.2. The van der Waals surface area contributed by atoms with Crippen LogP contribution in [0.3, 0.4) is 0 Å². The monoisotopic (exact) mass is 653 g/mol. The number of H-pyrrole nitrogens is 1. The molecule has 0 aliphatic carbocycles. The predicted octanol–water partition coefficient (Wildman–Crippen LogP) is 7.47. The van der Waals surface area contributed by atoms with Crippen molar-refractivity contribution >= 4 is 55.7 Å². The number of para-hydroxylation sites is 1. The molecule has 0 unspecified atom stereocenters. The van der Waals surface area contributed by atoms with Crippen LogP contribution in [0.1, 0.15) is 21.5 Å². The number of hydrogen-bond acceptors (Lipinski definition) is 5. The molecular formula is C37H36ClN3O4S. The molecule has 0 radical (unpaired) electrons. The van der Waals surface area contributed by atoms with Crippen molar-refractivity contribution in [3.8, 4) is 5.75 Å². The highest BCUT2D eigenvalue weighted by Gasteiger charge is 2.20. The molecule has 0 bridgehead atoms. The maximum Gasteiger partial charge on any atom is 0.232 e. The lowest BCUT2D eigenvalue weighted by Crippen LogP contribution is -2.33. The lowest BCUT2D eigenvalue weighted by Gasteiger charge is -2.24. The van der Waals surface area contributed by atoms with Crippen LogP contribution in [0.4, 0.5) is 5.69 Å². The predicted molar refractivity (Wildman–Crippen MR) is 189 cm³/mol. The van der Waals surface area contributed by atoms with E-state index in [0.29, 0.717) is 30.9 Å². The first-order valence-electron chi connectivity index (χ1n) is 14.9. The first kappa shape index (κ1) is 32.8. The van der Waals surface area contributed by atoms with Gasteiger partial charge in [-0.05, 0) is 41.5 Å². The van der Waals surface area contributed by atoms with Gasteiger partial charge < -0.3 is 9.72 Å². The Morgan fingerprint density at radius 3 is 2.09 bits per heavy atom. The van der Waals surface area contributed by atoms with Gasteiger partial charge in [0.1, 0.15) is 12.4 Å². The Kier molecular flexibility index (Phi) is 10.4. The summed E-state index contributed by atoms with van der Waals surface area (Å²) >= 11 is 0. The number of anilines is 1. The molecule has 1 heterocycles. The third-order valence-electron chi connectivity index (χ3n) is 7.80. The van der Waals surface area contributed by atoms with Gasteiger partial charge in [-0.2, -0.15) is 0 Å². The fourth-order valence-corrected chi connectivity index (χ4v) is 6.43. The number of nitrogens with zero attached hydrogens (tertiary/aromatic N) is 2. The van der Waals surface area contributed by atoms with Gasteiger partial charge in [-0.1, -0.05) is 91.0 Å². The summed E-state index contributed by atoms with van der Waals surface area (Å²) in [6.45, 7) is 1.82. The van der Waals surface area contributed by atoms with Crippen LogP contribution >= 0.6 is 12.4 Å². The molecular weight excluding hydrogens is 618 g/mol. The fourth-order valence-electron chi connectivity index (χ4n) is 5.55. The molecule has 0 fully saturated rings. The molecule has 0 atom stereocenters. The highest BCUT2D eigenvalue weighted by Crippen LogP contribution is 2.28. The highest BCUT2D eigenvalue weighted by molar-refractivity contribution is 7.92. The molecule has 0 spiro atoms. The number of ketones is 1. The van der Waals surface area contributed by atoms with Gasteiger partial charge >= 0.3 is 0 Å². The maximum absolute atomic E-state index is 13.6. The number of rotatable bonds is 13. The number of fused-ring (bicyclic) bond motifs is 3. The van der Waals surface area contributed by atoms with Gasteiger partial charge in [0.25, 0.3) is 0 Å². The van der Waals surface area contributed by atoms with Crippen molar-refractivity contribution in [2.45, 2.75) is 13.1 Å². The van der Waals surface area contributed by atoms with Gasteiger partial charge in [-0.15, -0.1) is 12.4 Å². The number of halogens is 1. The van der Waals surface area contributed by atoms with E-state index in [1.54, 1.807) is 24.3 Å². The lowest BCUT2D eigenvalue weighted by atomic mass is 10.1. The molecule has 7 nitrogen and oxygen atoms in total. The van der Waals surface area contributed by atoms with E-state index in [4.69, 9.17) is 4.74 Å². The number of nitrogens with one attached hydrogen (secondary N) is 1. The quantitative estimate of drug-likeness (QED) is 0.131. The Morgan fingerprint density at radius 1 is 0.717 bits per heavy atom. The Morgan fingerprint density at radius 2 is 1.37 bits per heavy atom. The van der Waals surface area contributed by atoms with Crippen LogP contribution in [0.2, 0.25) is 0 Å². The Bertz CT molecular complexity index is 2030. The van der Waals surface area contributed by atoms with E-state index in [2.05, 4.69) is 28.1 Å². The number of hydrogen-bond donors (Lipinski definition) is 1. The topological polar surface area (TPSA) is 82.7 Å². The number of carbonyl (C=O) groups excluding carboxylic acids is 1. The van der Waals surface area contributed by atoms with Crippen molar-refractivity contribution in [1.82, 2.24) is 9.88 Å². The van der Waals surface area contributed by atoms with Gasteiger partial charge in [-0.3, -0.25) is 14.0 Å². The number of sulfonamides is 1. The molecule has 46 heavy (non-hydrogen) atoms. The van der Waals surface area contributed by atoms with Gasteiger partial charge in [0.05, 0.1) is 30.5 Å². The third-order valence-corrected chi connectivity index (χ3v) is 8.94. The van der Waals surface area contributed by atoms with E-state index in [1.165, 1.54) is 15.9 Å². The summed E-state index contributed by atoms with van der Waals surface area (Å²) in [6.07, 6.45) is 1.18. The molecule has 5 aromatic carbocycles. The number of benzene rings is 5. The Hall–Kier alpha value is -4.63. The van der Waals surface area contributed by atoms with E-state index in [9.17, 15) is 13.2 Å². The summed E-state index contributed by atoms with van der Waals surface area (Å²) in [7, 11) is -3.59. The number of aromatic amines is 1. The van der Waals surface area contributed by atoms with Crippen LogP contribution in [0.5, 0.6) is 5.75 Å². The van der Waals surface area contributed by atoms with Crippen LogP contribution in [-0.4, -0.2) is 50.0 Å². The smallest absolute Gasteiger partial charge is 0.232 e. The zero-order valence-corrected chi connectivity index (χ0v) is 27.1. The minimum atomic E-state index is -3.59. The van der Waals surface area contributed by atoms with Gasteiger partial charge in [0, 0.05) is 41.0 Å². The number of ether oxygens (including phenoxy) is 1. The standard InChI is InChI=1S/C37H35N3O4S.ClH/c1-45(42,43)40(26-29-13-6-3-7-14-29)31-16-10-15-30(23-31)37(41)27-39(25-28-11-4-2-5-12-28)21-22-44-32-19-20-34-33-17-8-9-18-35(33)38-36(34)24-32;/h2-20,23-24,38H,21-22,25-27H2,1H3;1H. The second-order valence-corrected chi connectivity index (χ2v) is 13.1. The van der Waals surface area contributed by atoms with Crippen LogP contribution < -0.4 is 9.04 Å². The Balaban J connectivity index is 0.00000417. The van der Waals surface area contributed by atoms with E-state index in [1.807, 2.05) is 84.9 Å². The number of aromatic nitrogens is 1. The van der Waals surface area contributed by atoms with Crippen LogP contribution in [0.15, 0.2) is 127 Å². The molecule has 0 aliphatic heterocycles. The molecule has 6 rings (SSSR count). The normalized spacial score (nSPS) is 11.4. The van der Waals surface area contributed by atoms with E-state index in [-0.39, 0.29) is 31.3 Å².